The van der Waals surface area contributed by atoms with Crippen molar-refractivity contribution in [1.82, 2.24) is 9.55 Å². The molecule has 29 heavy (non-hydrogen) atoms. The van der Waals surface area contributed by atoms with E-state index in [-0.39, 0.29) is 11.5 Å². The van der Waals surface area contributed by atoms with Crippen LogP contribution in [0.1, 0.15) is 15.9 Å². The normalized spacial score (nSPS) is 11.7. The molecule has 4 aromatic rings. The van der Waals surface area contributed by atoms with Crippen LogP contribution < -0.4 is 11.5 Å². The van der Waals surface area contributed by atoms with Gasteiger partial charge < -0.3 is 16.0 Å². The lowest BCUT2D eigenvalue weighted by atomic mass is 10.1. The lowest BCUT2D eigenvalue weighted by molar-refractivity contribution is -0.137. The molecule has 4 rings (SSSR count). The molecule has 2 heterocycles. The Morgan fingerprint density at radius 2 is 1.79 bits per heavy atom. The lowest BCUT2D eigenvalue weighted by Crippen LogP contribution is -2.24. The zero-order valence-corrected chi connectivity index (χ0v) is 14.8. The number of carbonyl (C=O) groups is 1. The van der Waals surface area contributed by atoms with E-state index in [9.17, 15) is 18.0 Å². The van der Waals surface area contributed by atoms with Gasteiger partial charge in [-0.15, -0.1) is 0 Å². The van der Waals surface area contributed by atoms with Gasteiger partial charge in [-0.3, -0.25) is 9.78 Å². The number of aliphatic imine (C=N–C) groups is 1. The van der Waals surface area contributed by atoms with E-state index in [4.69, 9.17) is 11.5 Å². The van der Waals surface area contributed by atoms with Crippen LogP contribution in [-0.4, -0.2) is 21.4 Å². The zero-order chi connectivity index (χ0) is 20.8. The fourth-order valence-electron chi connectivity index (χ4n) is 3.24. The van der Waals surface area contributed by atoms with Gasteiger partial charge in [0, 0.05) is 23.2 Å². The first-order chi connectivity index (χ1) is 13.8. The first kappa shape index (κ1) is 18.5. The molecule has 1 amide bonds. The average Bonchev–Trinajstić information content (AvgIpc) is 3.05. The number of nitrogens with zero attached hydrogens (tertiary/aromatic N) is 3. The van der Waals surface area contributed by atoms with E-state index in [1.165, 1.54) is 18.5 Å². The van der Waals surface area contributed by atoms with Crippen molar-refractivity contribution < 1.29 is 18.0 Å². The molecule has 0 fully saturated rings. The summed E-state index contributed by atoms with van der Waals surface area (Å²) in [6.07, 6.45) is -1.49. The number of halogens is 3. The van der Waals surface area contributed by atoms with Crippen molar-refractivity contribution >= 4 is 33.7 Å². The number of para-hydroxylation sites is 1. The topological polar surface area (TPSA) is 99.3 Å². The number of guanidine groups is 1. The average molecular weight is 397 g/mol. The van der Waals surface area contributed by atoms with Crippen molar-refractivity contribution in [3.05, 3.63) is 72.1 Å². The molecule has 9 heteroatoms. The fraction of sp³-hybridized carbons (Fsp3) is 0.0500. The van der Waals surface area contributed by atoms with Crippen LogP contribution in [0.3, 0.4) is 0 Å². The molecule has 0 aliphatic heterocycles. The largest absolute Gasteiger partial charge is 0.416 e. The quantitative estimate of drug-likeness (QED) is 0.399. The highest BCUT2D eigenvalue weighted by molar-refractivity contribution is 6.11. The molecule has 146 valence electrons. The van der Waals surface area contributed by atoms with Crippen molar-refractivity contribution in [2.24, 2.45) is 16.5 Å². The summed E-state index contributed by atoms with van der Waals surface area (Å²) in [5, 5.41) is 0.864. The van der Waals surface area contributed by atoms with Gasteiger partial charge in [0.2, 0.25) is 0 Å². The number of pyridine rings is 1. The standard InChI is InChI=1S/C20H14F3N5O/c21-20(22,23)11-5-6-15-13(9-11)17(7-8-26-15)28-10-14(18(29)27-19(24)25)12-3-1-2-4-16(12)28/h1-10H,(H4,24,25,27,29). The molecule has 0 bridgehead atoms. The molecule has 0 radical (unpaired) electrons. The van der Waals surface area contributed by atoms with E-state index in [1.54, 1.807) is 34.9 Å². The van der Waals surface area contributed by atoms with Gasteiger partial charge in [-0.05, 0) is 30.3 Å². The van der Waals surface area contributed by atoms with Crippen molar-refractivity contribution in [3.63, 3.8) is 0 Å². The Balaban J connectivity index is 2.02. The first-order valence-electron chi connectivity index (χ1n) is 8.46. The Morgan fingerprint density at radius 3 is 2.52 bits per heavy atom. The third-order valence-electron chi connectivity index (χ3n) is 4.48. The number of amides is 1. The summed E-state index contributed by atoms with van der Waals surface area (Å²) >= 11 is 0. The van der Waals surface area contributed by atoms with Crippen molar-refractivity contribution in [1.29, 1.82) is 0 Å². The van der Waals surface area contributed by atoms with E-state index < -0.39 is 17.6 Å². The van der Waals surface area contributed by atoms with Gasteiger partial charge in [-0.2, -0.15) is 18.2 Å². The number of benzene rings is 2. The minimum atomic E-state index is -4.49. The summed E-state index contributed by atoms with van der Waals surface area (Å²) in [5.41, 5.74) is 11.5. The van der Waals surface area contributed by atoms with Gasteiger partial charge in [-0.1, -0.05) is 18.2 Å². The minimum Gasteiger partial charge on any atom is -0.370 e. The number of rotatable bonds is 2. The molecule has 0 aliphatic rings. The zero-order valence-electron chi connectivity index (χ0n) is 14.8. The highest BCUT2D eigenvalue weighted by Gasteiger charge is 2.31. The molecule has 0 atom stereocenters. The monoisotopic (exact) mass is 397 g/mol. The molecule has 4 N–H and O–H groups in total. The van der Waals surface area contributed by atoms with Gasteiger partial charge in [-0.25, -0.2) is 0 Å². The highest BCUT2D eigenvalue weighted by atomic mass is 19.4. The minimum absolute atomic E-state index is 0.228. The Bertz CT molecular complexity index is 1290. The number of hydrogen-bond acceptors (Lipinski definition) is 2. The third-order valence-corrected chi connectivity index (χ3v) is 4.48. The maximum atomic E-state index is 13.2. The highest BCUT2D eigenvalue weighted by Crippen LogP contribution is 2.34. The summed E-state index contributed by atoms with van der Waals surface area (Å²) in [7, 11) is 0. The van der Waals surface area contributed by atoms with Crippen LogP contribution in [0.15, 0.2) is 65.9 Å². The van der Waals surface area contributed by atoms with Crippen LogP contribution in [0.2, 0.25) is 0 Å². The molecular weight excluding hydrogens is 383 g/mol. The summed E-state index contributed by atoms with van der Waals surface area (Å²) in [5.74, 6) is -1.02. The van der Waals surface area contributed by atoms with Crippen molar-refractivity contribution in [2.75, 3.05) is 0 Å². The van der Waals surface area contributed by atoms with E-state index in [0.29, 0.717) is 27.5 Å². The molecule has 0 aliphatic carbocycles. The van der Waals surface area contributed by atoms with Crippen LogP contribution in [0.4, 0.5) is 13.2 Å². The van der Waals surface area contributed by atoms with Crippen LogP contribution in [0.5, 0.6) is 0 Å². The van der Waals surface area contributed by atoms with Gasteiger partial charge >= 0.3 is 6.18 Å². The Kier molecular flexibility index (Phi) is 4.22. The van der Waals surface area contributed by atoms with E-state index >= 15 is 0 Å². The molecule has 6 nitrogen and oxygen atoms in total. The molecule has 0 spiro atoms. The number of nitrogens with two attached hydrogens (primary N) is 2. The lowest BCUT2D eigenvalue weighted by Gasteiger charge is -2.12. The molecule has 0 unspecified atom stereocenters. The third kappa shape index (κ3) is 3.27. The molecule has 2 aromatic heterocycles. The van der Waals surface area contributed by atoms with Crippen LogP contribution in [-0.2, 0) is 6.18 Å². The Morgan fingerprint density at radius 1 is 1.03 bits per heavy atom. The second kappa shape index (κ2) is 6.62. The predicted molar refractivity (Wildman–Crippen MR) is 104 cm³/mol. The maximum Gasteiger partial charge on any atom is 0.416 e. The predicted octanol–water partition coefficient (Wildman–Crippen LogP) is 3.61. The second-order valence-corrected chi connectivity index (χ2v) is 6.33. The van der Waals surface area contributed by atoms with Gasteiger partial charge in [0.05, 0.1) is 27.8 Å². The van der Waals surface area contributed by atoms with E-state index in [2.05, 4.69) is 9.98 Å². The number of carbonyl (C=O) groups excluding carboxylic acids is 1. The fourth-order valence-corrected chi connectivity index (χ4v) is 3.24. The maximum absolute atomic E-state index is 13.2. The van der Waals surface area contributed by atoms with E-state index in [1.807, 2.05) is 0 Å². The van der Waals surface area contributed by atoms with Crippen molar-refractivity contribution in [2.45, 2.75) is 6.18 Å². The summed E-state index contributed by atoms with van der Waals surface area (Å²) in [6, 6.07) is 11.9. The number of aromatic nitrogens is 2. The van der Waals surface area contributed by atoms with Crippen molar-refractivity contribution in [3.8, 4) is 5.69 Å². The SMILES string of the molecule is NC(N)=NC(=O)c1cn(-c2ccnc3ccc(C(F)(F)F)cc23)c2ccccc12. The Labute approximate surface area is 162 Å². The van der Waals surface area contributed by atoms with Crippen LogP contribution in [0.25, 0.3) is 27.5 Å². The molecular formula is C20H14F3N5O. The van der Waals surface area contributed by atoms with Gasteiger partial charge in [0.1, 0.15) is 0 Å². The summed E-state index contributed by atoms with van der Waals surface area (Å²) in [4.78, 5) is 20.2. The molecule has 0 saturated heterocycles. The molecule has 2 aromatic carbocycles. The van der Waals surface area contributed by atoms with Gasteiger partial charge in [0.15, 0.2) is 5.96 Å². The summed E-state index contributed by atoms with van der Waals surface area (Å²) in [6.45, 7) is 0. The molecule has 0 saturated carbocycles. The number of alkyl halides is 3. The second-order valence-electron chi connectivity index (χ2n) is 6.33. The first-order valence-corrected chi connectivity index (χ1v) is 8.46. The van der Waals surface area contributed by atoms with Crippen LogP contribution >= 0.6 is 0 Å². The smallest absolute Gasteiger partial charge is 0.370 e. The van der Waals surface area contributed by atoms with Crippen LogP contribution in [0, 0.1) is 0 Å². The number of hydrogen-bond donors (Lipinski definition) is 2. The number of fused-ring (bicyclic) bond motifs is 2. The Hall–Kier alpha value is -3.88. The van der Waals surface area contributed by atoms with Gasteiger partial charge in [0.25, 0.3) is 5.91 Å². The van der Waals surface area contributed by atoms with E-state index in [0.717, 1.165) is 12.1 Å². The summed E-state index contributed by atoms with van der Waals surface area (Å²) < 4.78 is 41.3.